The van der Waals surface area contributed by atoms with Gasteiger partial charge in [-0.05, 0) is 0 Å². The Morgan fingerprint density at radius 3 is 2.74 bits per heavy atom. The average Bonchev–Trinajstić information content (AvgIpc) is 2.43. The molecule has 1 aromatic carbocycles. The first-order valence-corrected chi connectivity index (χ1v) is 7.69. The minimum atomic E-state index is 0.701. The van der Waals surface area contributed by atoms with Crippen LogP contribution in [0.3, 0.4) is 0 Å². The Labute approximate surface area is 126 Å². The molecule has 0 aliphatic carbocycles. The summed E-state index contributed by atoms with van der Waals surface area (Å²) in [4.78, 5) is 0. The number of ether oxygens (including phenoxy) is 1. The maximum absolute atomic E-state index is 5.48. The summed E-state index contributed by atoms with van der Waals surface area (Å²) < 4.78 is 6.46. The van der Waals surface area contributed by atoms with Gasteiger partial charge in [-0.2, -0.15) is 0 Å². The van der Waals surface area contributed by atoms with Crippen LogP contribution in [0.5, 0.6) is 0 Å². The van der Waals surface area contributed by atoms with Gasteiger partial charge in [-0.25, -0.2) is 0 Å². The molecular formula is C16H19NOW. The van der Waals surface area contributed by atoms with E-state index in [-0.39, 0.29) is 0 Å². The summed E-state index contributed by atoms with van der Waals surface area (Å²) in [6.45, 7) is 7.15. The van der Waals surface area contributed by atoms with Gasteiger partial charge in [0.15, 0.2) is 0 Å². The quantitative estimate of drug-likeness (QED) is 0.511. The normalized spacial score (nSPS) is 11.5. The van der Waals surface area contributed by atoms with Crippen molar-refractivity contribution in [3.05, 3.63) is 66.4 Å². The number of allylic oxidation sites excluding steroid dienone is 1. The summed E-state index contributed by atoms with van der Waals surface area (Å²) >= 11 is 1.32. The predicted octanol–water partition coefficient (Wildman–Crippen LogP) is 3.07. The minimum absolute atomic E-state index is 0.701. The zero-order chi connectivity index (χ0) is 13.9. The van der Waals surface area contributed by atoms with Gasteiger partial charge in [-0.1, -0.05) is 0 Å². The van der Waals surface area contributed by atoms with Crippen molar-refractivity contribution >= 4 is 10.2 Å². The average molecular weight is 425 g/mol. The van der Waals surface area contributed by atoms with Crippen LogP contribution in [0.2, 0.25) is 0 Å². The second-order valence-electron chi connectivity index (χ2n) is 3.77. The number of benzene rings is 1. The van der Waals surface area contributed by atoms with E-state index < -0.39 is 0 Å². The van der Waals surface area contributed by atoms with Crippen molar-refractivity contribution in [3.63, 3.8) is 0 Å². The molecule has 0 spiro atoms. The number of hydrogen-bond donors (Lipinski definition) is 1. The van der Waals surface area contributed by atoms with Crippen molar-refractivity contribution in [1.29, 1.82) is 0 Å². The monoisotopic (exact) mass is 425 g/mol. The molecule has 0 atom stereocenters. The number of nitrogens with one attached hydrogen (secondary N) is 1. The predicted molar refractivity (Wildman–Crippen MR) is 78.4 cm³/mol. The van der Waals surface area contributed by atoms with E-state index in [1.807, 2.05) is 37.3 Å². The fourth-order valence-electron chi connectivity index (χ4n) is 1.41. The van der Waals surface area contributed by atoms with Crippen molar-refractivity contribution < 1.29 is 24.1 Å². The molecule has 0 radical (unpaired) electrons. The summed E-state index contributed by atoms with van der Waals surface area (Å²) in [5, 5.41) is 3.30. The van der Waals surface area contributed by atoms with E-state index in [9.17, 15) is 0 Å². The Bertz CT molecular complexity index is 463. The van der Waals surface area contributed by atoms with Crippen LogP contribution in [-0.4, -0.2) is 17.2 Å². The molecule has 3 heteroatoms. The second kappa shape index (κ2) is 9.66. The molecule has 0 saturated heterocycles. The summed E-state index contributed by atoms with van der Waals surface area (Å²) in [6, 6.07) is 10.2. The van der Waals surface area contributed by atoms with Crippen LogP contribution in [-0.2, 0) is 24.1 Å². The Kier molecular flexibility index (Phi) is 8.04. The number of rotatable bonds is 8. The van der Waals surface area contributed by atoms with E-state index in [4.69, 9.17) is 4.74 Å². The van der Waals surface area contributed by atoms with E-state index in [2.05, 4.69) is 36.2 Å². The zero-order valence-electron chi connectivity index (χ0n) is 11.1. The van der Waals surface area contributed by atoms with E-state index in [1.165, 1.54) is 24.9 Å². The number of hydrogen-bond acceptors (Lipinski definition) is 2. The molecule has 0 unspecified atom stereocenters. The van der Waals surface area contributed by atoms with E-state index >= 15 is 0 Å². The molecule has 2 nitrogen and oxygen atoms in total. The molecule has 0 heterocycles. The van der Waals surface area contributed by atoms with Crippen molar-refractivity contribution in [2.24, 2.45) is 0 Å². The summed E-state index contributed by atoms with van der Waals surface area (Å²) in [7, 11) is 0. The Morgan fingerprint density at radius 2 is 2.11 bits per heavy atom. The Balaban J connectivity index is 2.76. The summed E-state index contributed by atoms with van der Waals surface area (Å²) in [5.74, 6) is 0. The molecule has 0 saturated carbocycles. The van der Waals surface area contributed by atoms with E-state index in [0.717, 1.165) is 16.3 Å². The third kappa shape index (κ3) is 7.05. The van der Waals surface area contributed by atoms with Crippen molar-refractivity contribution in [1.82, 2.24) is 5.32 Å². The van der Waals surface area contributed by atoms with Gasteiger partial charge in [-0.15, -0.1) is 0 Å². The molecule has 0 aromatic heterocycles. The fourth-order valence-corrected chi connectivity index (χ4v) is 2.29. The second-order valence-corrected chi connectivity index (χ2v) is 5.21. The van der Waals surface area contributed by atoms with Gasteiger partial charge in [0.25, 0.3) is 0 Å². The standard InChI is InChI=1S/C16H19NO.W/c1-3-13-17-16(12-14-18-4-2)11-10-15-8-6-5-7-9-15;/h3,5-12,17H,1,4,13H2,2H3;/b11-10+,16-12-;. The first-order chi connectivity index (χ1) is 9.26. The Morgan fingerprint density at radius 1 is 1.37 bits per heavy atom. The van der Waals surface area contributed by atoms with Gasteiger partial charge in [-0.3, -0.25) is 0 Å². The molecule has 100 valence electrons. The maximum atomic E-state index is 5.48. The van der Waals surface area contributed by atoms with Gasteiger partial charge in [0.05, 0.1) is 0 Å². The van der Waals surface area contributed by atoms with Crippen molar-refractivity contribution in [3.8, 4) is 0 Å². The first-order valence-electron chi connectivity index (χ1n) is 6.22. The molecule has 0 aliphatic rings. The SMILES string of the molecule is C=CCNC(=C\[C](=[W])OCC)/C=C/c1ccccc1. The molecule has 1 rings (SSSR count). The van der Waals surface area contributed by atoms with Crippen LogP contribution in [0.25, 0.3) is 6.08 Å². The third-order valence-electron chi connectivity index (χ3n) is 2.27. The van der Waals surface area contributed by atoms with Crippen LogP contribution in [0.1, 0.15) is 12.5 Å². The van der Waals surface area contributed by atoms with Gasteiger partial charge < -0.3 is 0 Å². The topological polar surface area (TPSA) is 21.3 Å². The van der Waals surface area contributed by atoms with E-state index in [0.29, 0.717) is 6.61 Å². The summed E-state index contributed by atoms with van der Waals surface area (Å²) in [6.07, 6.45) is 8.01. The van der Waals surface area contributed by atoms with Gasteiger partial charge in [0.1, 0.15) is 0 Å². The molecule has 0 aliphatic heterocycles. The molecule has 0 fully saturated rings. The molecule has 19 heavy (non-hydrogen) atoms. The van der Waals surface area contributed by atoms with Crippen LogP contribution in [0.4, 0.5) is 0 Å². The fraction of sp³-hybridized carbons (Fsp3) is 0.188. The van der Waals surface area contributed by atoms with Crippen LogP contribution < -0.4 is 5.32 Å². The van der Waals surface area contributed by atoms with Crippen LogP contribution in [0.15, 0.2) is 60.8 Å². The zero-order valence-corrected chi connectivity index (χ0v) is 14.1. The first kappa shape index (κ1) is 15.8. The Hall–Kier alpha value is -1.24. The van der Waals surface area contributed by atoms with Gasteiger partial charge >= 0.3 is 126 Å². The van der Waals surface area contributed by atoms with Gasteiger partial charge in [0, 0.05) is 0 Å². The van der Waals surface area contributed by atoms with E-state index in [1.54, 1.807) is 0 Å². The molecular weight excluding hydrogens is 406 g/mol. The van der Waals surface area contributed by atoms with Gasteiger partial charge in [0.2, 0.25) is 0 Å². The molecule has 0 bridgehead atoms. The molecule has 1 aromatic rings. The summed E-state index contributed by atoms with van der Waals surface area (Å²) in [5.41, 5.74) is 2.21. The molecule has 0 amide bonds. The molecule has 1 N–H and O–H groups in total. The van der Waals surface area contributed by atoms with Crippen molar-refractivity contribution in [2.45, 2.75) is 6.92 Å². The van der Waals surface area contributed by atoms with Crippen LogP contribution in [0, 0.1) is 0 Å². The third-order valence-corrected chi connectivity index (χ3v) is 3.11. The van der Waals surface area contributed by atoms with Crippen LogP contribution >= 0.6 is 0 Å². The van der Waals surface area contributed by atoms with Crippen molar-refractivity contribution in [2.75, 3.05) is 13.2 Å².